The summed E-state index contributed by atoms with van der Waals surface area (Å²) in [5.74, 6) is 0. The molecular weight excluding hydrogens is 410 g/mol. The van der Waals surface area contributed by atoms with Crippen LogP contribution in [-0.4, -0.2) is 24.9 Å². The van der Waals surface area contributed by atoms with E-state index in [2.05, 4.69) is 21.0 Å². The van der Waals surface area contributed by atoms with Crippen molar-refractivity contribution in [1.29, 1.82) is 0 Å². The minimum absolute atomic E-state index is 0.228. The van der Waals surface area contributed by atoms with Gasteiger partial charge in [0.15, 0.2) is 5.65 Å². The summed E-state index contributed by atoms with van der Waals surface area (Å²) in [5.41, 5.74) is 6.27. The molecule has 0 radical (unpaired) electrons. The van der Waals surface area contributed by atoms with E-state index in [1.165, 1.54) is 0 Å². The Hall–Kier alpha value is -4.71. The number of nitrogens with zero attached hydrogens (tertiary/aromatic N) is 4. The van der Waals surface area contributed by atoms with Gasteiger partial charge in [0.2, 0.25) is 0 Å². The van der Waals surface area contributed by atoms with Crippen molar-refractivity contribution in [3.63, 3.8) is 0 Å². The van der Waals surface area contributed by atoms with Crippen LogP contribution in [0.1, 0.15) is 0 Å². The monoisotopic (exact) mass is 427 g/mol. The molecule has 0 unspecified atom stereocenters. The molecular formula is C27H17N5O. The maximum Gasteiger partial charge on any atom is 0.257 e. The Kier molecular flexibility index (Phi) is 4.47. The molecule has 1 N–H and O–H groups in total. The molecule has 0 aliphatic rings. The fraction of sp³-hybridized carbons (Fsp3) is 0. The first-order valence-corrected chi connectivity index (χ1v) is 10.5. The maximum absolute atomic E-state index is 12.8. The standard InChI is InChI=1S/C27H17N5O/c33-27-21(20-9-4-12-28-16-20)15-23-26(32-27)31-24(17-6-2-1-3-7-17)25(30-23)19-10-11-22-18(14-19)8-5-13-29-22/h1-16H,(H,31,32,33). The molecule has 0 aliphatic heterocycles. The Morgan fingerprint density at radius 2 is 1.48 bits per heavy atom. The second-order valence-corrected chi connectivity index (χ2v) is 7.69. The fourth-order valence-corrected chi connectivity index (χ4v) is 3.98. The number of pyridine rings is 3. The Bertz CT molecular complexity index is 1680. The van der Waals surface area contributed by atoms with Crippen molar-refractivity contribution in [3.8, 4) is 33.6 Å². The number of aromatic amines is 1. The lowest BCUT2D eigenvalue weighted by atomic mass is 10.0. The third-order valence-corrected chi connectivity index (χ3v) is 5.58. The SMILES string of the molecule is O=c1[nH]c2nc(-c3ccccc3)c(-c3ccc4ncccc4c3)nc2cc1-c1cccnc1. The Morgan fingerprint density at radius 3 is 2.33 bits per heavy atom. The first-order valence-electron chi connectivity index (χ1n) is 10.5. The first kappa shape index (κ1) is 19.0. The van der Waals surface area contributed by atoms with Crippen LogP contribution in [0.25, 0.3) is 55.7 Å². The van der Waals surface area contributed by atoms with Crippen LogP contribution in [0.5, 0.6) is 0 Å². The molecule has 0 spiro atoms. The van der Waals surface area contributed by atoms with E-state index in [1.807, 2.05) is 60.7 Å². The molecule has 6 nitrogen and oxygen atoms in total. The molecule has 0 atom stereocenters. The number of nitrogens with one attached hydrogen (secondary N) is 1. The number of hydrogen-bond acceptors (Lipinski definition) is 5. The normalized spacial score (nSPS) is 11.2. The zero-order chi connectivity index (χ0) is 22.2. The van der Waals surface area contributed by atoms with Crippen molar-refractivity contribution >= 4 is 22.1 Å². The summed E-state index contributed by atoms with van der Waals surface area (Å²) in [6, 6.07) is 25.3. The van der Waals surface area contributed by atoms with Gasteiger partial charge in [0.05, 0.1) is 22.5 Å². The van der Waals surface area contributed by atoms with Crippen molar-refractivity contribution in [1.82, 2.24) is 24.9 Å². The van der Waals surface area contributed by atoms with Gasteiger partial charge in [0.25, 0.3) is 5.56 Å². The maximum atomic E-state index is 12.8. The van der Waals surface area contributed by atoms with Gasteiger partial charge in [-0.1, -0.05) is 48.5 Å². The molecule has 0 saturated carbocycles. The molecule has 6 heteroatoms. The van der Waals surface area contributed by atoms with E-state index in [9.17, 15) is 4.79 Å². The summed E-state index contributed by atoms with van der Waals surface area (Å²) < 4.78 is 0. The van der Waals surface area contributed by atoms with Crippen molar-refractivity contribution in [2.45, 2.75) is 0 Å². The van der Waals surface area contributed by atoms with Crippen LogP contribution in [0.2, 0.25) is 0 Å². The van der Waals surface area contributed by atoms with E-state index in [4.69, 9.17) is 9.97 Å². The van der Waals surface area contributed by atoms with E-state index in [0.717, 1.165) is 33.3 Å². The molecule has 0 bridgehead atoms. The molecule has 0 fully saturated rings. The lowest BCUT2D eigenvalue weighted by molar-refractivity contribution is 1.19. The van der Waals surface area contributed by atoms with Crippen molar-refractivity contribution in [2.24, 2.45) is 0 Å². The van der Waals surface area contributed by atoms with Gasteiger partial charge in [-0.3, -0.25) is 14.8 Å². The second kappa shape index (κ2) is 7.76. The fourth-order valence-electron chi connectivity index (χ4n) is 3.98. The molecule has 0 amide bonds. The van der Waals surface area contributed by atoms with Gasteiger partial charge in [-0.15, -0.1) is 0 Å². The largest absolute Gasteiger partial charge is 0.305 e. The summed E-state index contributed by atoms with van der Waals surface area (Å²) in [5, 5.41) is 1.02. The molecule has 4 heterocycles. The molecule has 156 valence electrons. The average molecular weight is 427 g/mol. The molecule has 33 heavy (non-hydrogen) atoms. The van der Waals surface area contributed by atoms with Crippen LogP contribution in [0.3, 0.4) is 0 Å². The highest BCUT2D eigenvalue weighted by molar-refractivity contribution is 5.90. The average Bonchev–Trinajstić information content (AvgIpc) is 2.88. The van der Waals surface area contributed by atoms with Gasteiger partial charge >= 0.3 is 0 Å². The molecule has 0 aliphatic carbocycles. The van der Waals surface area contributed by atoms with Crippen molar-refractivity contribution in [3.05, 3.63) is 108 Å². The summed E-state index contributed by atoms with van der Waals surface area (Å²) in [6.07, 6.45) is 5.13. The molecule has 6 rings (SSSR count). The molecule has 6 aromatic rings. The van der Waals surface area contributed by atoms with Gasteiger partial charge in [-0.25, -0.2) is 9.97 Å². The van der Waals surface area contributed by atoms with E-state index in [1.54, 1.807) is 30.7 Å². The van der Waals surface area contributed by atoms with Crippen molar-refractivity contribution < 1.29 is 0 Å². The van der Waals surface area contributed by atoms with Gasteiger partial charge < -0.3 is 4.98 Å². The number of aromatic nitrogens is 5. The van der Waals surface area contributed by atoms with Crippen LogP contribution < -0.4 is 5.56 Å². The van der Waals surface area contributed by atoms with Crippen LogP contribution >= 0.6 is 0 Å². The predicted octanol–water partition coefficient (Wildman–Crippen LogP) is 5.26. The van der Waals surface area contributed by atoms with Gasteiger partial charge in [-0.05, 0) is 30.3 Å². The van der Waals surface area contributed by atoms with Crippen LogP contribution in [0.15, 0.2) is 102 Å². The quantitative estimate of drug-likeness (QED) is 0.416. The zero-order valence-electron chi connectivity index (χ0n) is 17.4. The molecule has 2 aromatic carbocycles. The van der Waals surface area contributed by atoms with E-state index in [0.29, 0.717) is 22.4 Å². The van der Waals surface area contributed by atoms with E-state index in [-0.39, 0.29) is 5.56 Å². The Balaban J connectivity index is 1.64. The topological polar surface area (TPSA) is 84.4 Å². The van der Waals surface area contributed by atoms with Gasteiger partial charge in [0, 0.05) is 40.7 Å². The molecule has 4 aromatic heterocycles. The first-order chi connectivity index (χ1) is 16.3. The highest BCUT2D eigenvalue weighted by Crippen LogP contribution is 2.32. The van der Waals surface area contributed by atoms with Gasteiger partial charge in [-0.2, -0.15) is 0 Å². The smallest absolute Gasteiger partial charge is 0.257 e. The number of hydrogen-bond donors (Lipinski definition) is 1. The highest BCUT2D eigenvalue weighted by Gasteiger charge is 2.16. The number of fused-ring (bicyclic) bond motifs is 2. The third kappa shape index (κ3) is 3.43. The molecule has 0 saturated heterocycles. The summed E-state index contributed by atoms with van der Waals surface area (Å²) >= 11 is 0. The van der Waals surface area contributed by atoms with Crippen LogP contribution in [0, 0.1) is 0 Å². The van der Waals surface area contributed by atoms with Crippen molar-refractivity contribution in [2.75, 3.05) is 0 Å². The number of H-pyrrole nitrogens is 1. The number of rotatable bonds is 3. The predicted molar refractivity (Wildman–Crippen MR) is 130 cm³/mol. The Labute approximate surface area is 188 Å². The minimum Gasteiger partial charge on any atom is -0.305 e. The van der Waals surface area contributed by atoms with Gasteiger partial charge in [0.1, 0.15) is 5.52 Å². The highest BCUT2D eigenvalue weighted by atomic mass is 16.1. The lowest BCUT2D eigenvalue weighted by Gasteiger charge is -2.12. The summed E-state index contributed by atoms with van der Waals surface area (Å²) in [7, 11) is 0. The second-order valence-electron chi connectivity index (χ2n) is 7.69. The number of benzene rings is 2. The zero-order valence-corrected chi connectivity index (χ0v) is 17.4. The lowest BCUT2D eigenvalue weighted by Crippen LogP contribution is -2.11. The van der Waals surface area contributed by atoms with Crippen LogP contribution in [0.4, 0.5) is 0 Å². The van der Waals surface area contributed by atoms with Crippen LogP contribution in [-0.2, 0) is 0 Å². The Morgan fingerprint density at radius 1 is 0.667 bits per heavy atom. The summed E-state index contributed by atoms with van der Waals surface area (Å²) in [6.45, 7) is 0. The minimum atomic E-state index is -0.228. The van der Waals surface area contributed by atoms with E-state index < -0.39 is 0 Å². The van der Waals surface area contributed by atoms with E-state index >= 15 is 0 Å². The summed E-state index contributed by atoms with van der Waals surface area (Å²) in [4.78, 5) is 34.1. The third-order valence-electron chi connectivity index (χ3n) is 5.58.